The maximum atomic E-state index is 11.6. The number of aromatic nitrogens is 3. The normalized spacial score (nSPS) is 18.8. The van der Waals surface area contributed by atoms with Crippen LogP contribution >= 0.6 is 0 Å². The minimum atomic E-state index is 0.111. The average molecular weight is 256 g/mol. The average Bonchev–Trinajstić information content (AvgIpc) is 3.10. The number of H-pyrrole nitrogens is 1. The molecule has 0 unspecified atom stereocenters. The number of hydrogen-bond acceptors (Lipinski definition) is 3. The van der Waals surface area contributed by atoms with Crippen molar-refractivity contribution in [1.82, 2.24) is 20.1 Å². The van der Waals surface area contributed by atoms with Gasteiger partial charge in [-0.2, -0.15) is 5.10 Å². The Labute approximate surface area is 111 Å². The zero-order chi connectivity index (χ0) is 13.2. The fourth-order valence-electron chi connectivity index (χ4n) is 2.64. The summed E-state index contributed by atoms with van der Waals surface area (Å²) in [6.07, 6.45) is 3.74. The molecule has 3 rings (SSSR count). The summed E-state index contributed by atoms with van der Waals surface area (Å²) in [6.45, 7) is 2.45. The molecule has 2 aromatic heterocycles. The highest BCUT2D eigenvalue weighted by molar-refractivity contribution is 5.74. The second-order valence-corrected chi connectivity index (χ2v) is 4.79. The lowest BCUT2D eigenvalue weighted by molar-refractivity contribution is -0.129. The molecule has 1 amide bonds. The fourth-order valence-corrected chi connectivity index (χ4v) is 2.64. The Morgan fingerprint density at radius 1 is 1.42 bits per heavy atom. The van der Waals surface area contributed by atoms with E-state index in [1.165, 1.54) is 0 Å². The number of carbonyl (C=O) groups excluding carboxylic acids is 1. The Morgan fingerprint density at radius 2 is 2.32 bits per heavy atom. The van der Waals surface area contributed by atoms with E-state index in [-0.39, 0.29) is 11.9 Å². The van der Waals surface area contributed by atoms with Gasteiger partial charge in [-0.3, -0.25) is 9.89 Å². The molecule has 0 saturated carbocycles. The number of pyridine rings is 1. The van der Waals surface area contributed by atoms with Crippen LogP contribution in [-0.4, -0.2) is 32.5 Å². The topological polar surface area (TPSA) is 61.9 Å². The highest BCUT2D eigenvalue weighted by Crippen LogP contribution is 2.31. The Kier molecular flexibility index (Phi) is 3.03. The SMILES string of the molecule is CC(=O)N1CCC[C@@H]1c1cccc(-c2ccn[nH]2)n1. The van der Waals surface area contributed by atoms with Crippen molar-refractivity contribution >= 4 is 5.91 Å². The molecule has 5 heteroatoms. The number of nitrogens with zero attached hydrogens (tertiary/aromatic N) is 3. The van der Waals surface area contributed by atoms with Crippen molar-refractivity contribution in [1.29, 1.82) is 0 Å². The molecule has 1 aliphatic heterocycles. The van der Waals surface area contributed by atoms with E-state index in [0.717, 1.165) is 36.5 Å². The van der Waals surface area contributed by atoms with E-state index in [2.05, 4.69) is 15.2 Å². The highest BCUT2D eigenvalue weighted by atomic mass is 16.2. The van der Waals surface area contributed by atoms with Crippen LogP contribution in [0.3, 0.4) is 0 Å². The van der Waals surface area contributed by atoms with Crippen LogP contribution < -0.4 is 0 Å². The zero-order valence-electron chi connectivity index (χ0n) is 10.8. The summed E-state index contributed by atoms with van der Waals surface area (Å²) in [4.78, 5) is 18.2. The minimum absolute atomic E-state index is 0.111. The summed E-state index contributed by atoms with van der Waals surface area (Å²) in [6, 6.07) is 7.93. The maximum absolute atomic E-state index is 11.6. The molecule has 1 N–H and O–H groups in total. The van der Waals surface area contributed by atoms with E-state index in [4.69, 9.17) is 0 Å². The van der Waals surface area contributed by atoms with Crippen molar-refractivity contribution < 1.29 is 4.79 Å². The van der Waals surface area contributed by atoms with Gasteiger partial charge in [-0.25, -0.2) is 4.98 Å². The predicted octanol–water partition coefficient (Wildman–Crippen LogP) is 2.16. The molecular weight excluding hydrogens is 240 g/mol. The lowest BCUT2D eigenvalue weighted by atomic mass is 10.1. The minimum Gasteiger partial charge on any atom is -0.334 e. The van der Waals surface area contributed by atoms with E-state index in [9.17, 15) is 4.79 Å². The van der Waals surface area contributed by atoms with Crippen molar-refractivity contribution in [3.8, 4) is 11.4 Å². The van der Waals surface area contributed by atoms with Crippen LogP contribution in [0.15, 0.2) is 30.5 Å². The van der Waals surface area contributed by atoms with Crippen molar-refractivity contribution in [2.24, 2.45) is 0 Å². The predicted molar refractivity (Wildman–Crippen MR) is 71.2 cm³/mol. The first-order chi connectivity index (χ1) is 9.25. The van der Waals surface area contributed by atoms with Gasteiger partial charge in [0.25, 0.3) is 0 Å². The third-order valence-electron chi connectivity index (χ3n) is 3.55. The number of nitrogens with one attached hydrogen (secondary N) is 1. The van der Waals surface area contributed by atoms with Crippen LogP contribution in [0, 0.1) is 0 Å². The van der Waals surface area contributed by atoms with Crippen molar-refractivity contribution in [2.45, 2.75) is 25.8 Å². The lowest BCUT2D eigenvalue weighted by Crippen LogP contribution is -2.28. The summed E-state index contributed by atoms with van der Waals surface area (Å²) in [5.74, 6) is 0.122. The molecule has 0 aromatic carbocycles. The zero-order valence-corrected chi connectivity index (χ0v) is 10.8. The molecule has 1 atom stereocenters. The Morgan fingerprint density at radius 3 is 3.05 bits per heavy atom. The molecule has 1 fully saturated rings. The number of likely N-dealkylation sites (tertiary alicyclic amines) is 1. The Balaban J connectivity index is 1.93. The maximum Gasteiger partial charge on any atom is 0.220 e. The van der Waals surface area contributed by atoms with Gasteiger partial charge in [0.2, 0.25) is 5.91 Å². The standard InChI is InChI=1S/C14H16N4O/c1-10(19)18-9-3-6-14(18)13-5-2-4-11(16-13)12-7-8-15-17-12/h2,4-5,7-8,14H,3,6,9H2,1H3,(H,15,17)/t14-/m1/s1. The second-order valence-electron chi connectivity index (χ2n) is 4.79. The first-order valence-electron chi connectivity index (χ1n) is 6.49. The van der Waals surface area contributed by atoms with Gasteiger partial charge in [0.15, 0.2) is 0 Å². The molecule has 98 valence electrons. The van der Waals surface area contributed by atoms with Crippen molar-refractivity contribution in [3.63, 3.8) is 0 Å². The van der Waals surface area contributed by atoms with Crippen LogP contribution in [0.4, 0.5) is 0 Å². The Bertz CT molecular complexity index is 579. The molecule has 19 heavy (non-hydrogen) atoms. The molecule has 1 saturated heterocycles. The molecule has 0 aliphatic carbocycles. The van der Waals surface area contributed by atoms with Gasteiger partial charge in [-0.15, -0.1) is 0 Å². The van der Waals surface area contributed by atoms with Crippen LogP contribution in [0.25, 0.3) is 11.4 Å². The molecule has 0 spiro atoms. The highest BCUT2D eigenvalue weighted by Gasteiger charge is 2.28. The number of hydrogen-bond donors (Lipinski definition) is 1. The van der Waals surface area contributed by atoms with E-state index >= 15 is 0 Å². The molecule has 3 heterocycles. The molecule has 0 radical (unpaired) electrons. The van der Waals surface area contributed by atoms with Crippen LogP contribution in [0.1, 0.15) is 31.5 Å². The molecular formula is C14H16N4O. The van der Waals surface area contributed by atoms with E-state index in [1.54, 1.807) is 13.1 Å². The third-order valence-corrected chi connectivity index (χ3v) is 3.55. The number of rotatable bonds is 2. The summed E-state index contributed by atoms with van der Waals surface area (Å²) in [7, 11) is 0. The van der Waals surface area contributed by atoms with Gasteiger partial charge < -0.3 is 4.90 Å². The summed E-state index contributed by atoms with van der Waals surface area (Å²) >= 11 is 0. The third kappa shape index (κ3) is 2.23. The van der Waals surface area contributed by atoms with Gasteiger partial charge in [-0.1, -0.05) is 6.07 Å². The lowest BCUT2D eigenvalue weighted by Gasteiger charge is -2.23. The van der Waals surface area contributed by atoms with Gasteiger partial charge in [0.05, 0.1) is 23.1 Å². The van der Waals surface area contributed by atoms with Crippen LogP contribution in [-0.2, 0) is 4.79 Å². The Hall–Kier alpha value is -2.17. The summed E-state index contributed by atoms with van der Waals surface area (Å²) in [5, 5.41) is 6.85. The van der Waals surface area contributed by atoms with Crippen LogP contribution in [0.2, 0.25) is 0 Å². The smallest absolute Gasteiger partial charge is 0.220 e. The molecule has 1 aliphatic rings. The first kappa shape index (κ1) is 11.9. The van der Waals surface area contributed by atoms with Gasteiger partial charge >= 0.3 is 0 Å². The van der Waals surface area contributed by atoms with E-state index in [0.29, 0.717) is 0 Å². The fraction of sp³-hybridized carbons (Fsp3) is 0.357. The molecule has 5 nitrogen and oxygen atoms in total. The number of carbonyl (C=O) groups is 1. The van der Waals surface area contributed by atoms with Crippen molar-refractivity contribution in [2.75, 3.05) is 6.54 Å². The molecule has 0 bridgehead atoms. The van der Waals surface area contributed by atoms with Crippen LogP contribution in [0.5, 0.6) is 0 Å². The molecule has 2 aromatic rings. The summed E-state index contributed by atoms with van der Waals surface area (Å²) < 4.78 is 0. The first-order valence-corrected chi connectivity index (χ1v) is 6.49. The van der Waals surface area contributed by atoms with Gasteiger partial charge in [0, 0.05) is 19.7 Å². The van der Waals surface area contributed by atoms with Gasteiger partial charge in [-0.05, 0) is 31.0 Å². The second kappa shape index (κ2) is 4.84. The van der Waals surface area contributed by atoms with Crippen molar-refractivity contribution in [3.05, 3.63) is 36.2 Å². The monoisotopic (exact) mass is 256 g/mol. The van der Waals surface area contributed by atoms with E-state index < -0.39 is 0 Å². The van der Waals surface area contributed by atoms with E-state index in [1.807, 2.05) is 29.2 Å². The number of amides is 1. The summed E-state index contributed by atoms with van der Waals surface area (Å²) in [5.41, 5.74) is 2.72. The number of aromatic amines is 1. The quantitative estimate of drug-likeness (QED) is 0.895. The largest absolute Gasteiger partial charge is 0.334 e. The van der Waals surface area contributed by atoms with Gasteiger partial charge in [0.1, 0.15) is 0 Å².